The van der Waals surface area contributed by atoms with Crippen molar-refractivity contribution in [3.63, 3.8) is 0 Å². The SMILES string of the molecule is C=C(C(=O)OCC)N(C)S(=O)(=O)C(F)(F)C(F)(F)C(F)(F)C(F)(F)C(F)(F)C(F)(F)C(F)(F)C(F)(F)F. The molecule has 0 aromatic heterocycles. The molecule has 0 fully saturated rings. The maximum absolute atomic E-state index is 14.0. The van der Waals surface area contributed by atoms with Crippen molar-refractivity contribution in [3.05, 3.63) is 12.3 Å². The zero-order valence-electron chi connectivity index (χ0n) is 17.3. The summed E-state index contributed by atoms with van der Waals surface area (Å²) in [6.07, 6.45) is -7.92. The molecule has 0 spiro atoms. The van der Waals surface area contributed by atoms with E-state index in [1.165, 1.54) is 0 Å². The summed E-state index contributed by atoms with van der Waals surface area (Å²) in [5, 5.41) is -7.80. The van der Waals surface area contributed by atoms with Crippen LogP contribution in [0.3, 0.4) is 0 Å². The number of hydrogen-bond acceptors (Lipinski definition) is 4. The Balaban J connectivity index is 7.01. The minimum atomic E-state index is -8.95. The summed E-state index contributed by atoms with van der Waals surface area (Å²) in [7, 11) is -8.00. The summed E-state index contributed by atoms with van der Waals surface area (Å²) in [4.78, 5) is 11.3. The van der Waals surface area contributed by atoms with E-state index >= 15 is 0 Å². The van der Waals surface area contributed by atoms with E-state index in [4.69, 9.17) is 0 Å². The Bertz CT molecular complexity index is 1000. The van der Waals surface area contributed by atoms with Crippen LogP contribution in [0.5, 0.6) is 0 Å². The van der Waals surface area contributed by atoms with Crippen LogP contribution < -0.4 is 0 Å². The number of carbonyl (C=O) groups excluding carboxylic acids is 1. The summed E-state index contributed by atoms with van der Waals surface area (Å²) in [6.45, 7) is 2.69. The van der Waals surface area contributed by atoms with Crippen molar-refractivity contribution < 1.29 is 92.6 Å². The highest BCUT2D eigenvalue weighted by Gasteiger charge is 2.96. The maximum atomic E-state index is 14.0. The van der Waals surface area contributed by atoms with Gasteiger partial charge in [-0.2, -0.15) is 83.1 Å². The van der Waals surface area contributed by atoms with Crippen molar-refractivity contribution in [1.29, 1.82) is 0 Å². The Hall–Kier alpha value is -2.23. The Labute approximate surface area is 193 Å². The summed E-state index contributed by atoms with van der Waals surface area (Å²) in [5.41, 5.74) is -1.92. The monoisotopic (exact) mass is 611 g/mol. The molecule has 220 valence electrons. The molecule has 0 saturated carbocycles. The number of hydrogen-bond donors (Lipinski definition) is 0. The van der Waals surface area contributed by atoms with Crippen LogP contribution in [0, 0.1) is 0 Å². The van der Waals surface area contributed by atoms with Gasteiger partial charge in [0.2, 0.25) is 0 Å². The largest absolute Gasteiger partial charge is 0.461 e. The van der Waals surface area contributed by atoms with Gasteiger partial charge in [-0.25, -0.2) is 4.79 Å². The molecule has 0 bridgehead atoms. The number of esters is 1. The molecular formula is C14H10F17NO4S. The first-order valence-electron chi connectivity index (χ1n) is 8.36. The molecule has 0 aliphatic heterocycles. The standard InChI is InChI=1S/C14H10F17NO4S/c1-4-36-6(33)5(2)32(3)37(34,35)14(30,31)12(25,26)10(21,22)8(17,18)7(15,16)9(19,20)11(23,24)13(27,28)29/h2,4H2,1,3H3. The van der Waals surface area contributed by atoms with Crippen molar-refractivity contribution in [1.82, 2.24) is 4.31 Å². The van der Waals surface area contributed by atoms with Crippen LogP contribution in [-0.2, 0) is 19.6 Å². The second kappa shape index (κ2) is 9.20. The van der Waals surface area contributed by atoms with Crippen molar-refractivity contribution in [2.45, 2.75) is 53.9 Å². The highest BCUT2D eigenvalue weighted by atomic mass is 32.2. The van der Waals surface area contributed by atoms with Crippen LogP contribution >= 0.6 is 0 Å². The van der Waals surface area contributed by atoms with Crippen molar-refractivity contribution >= 4 is 16.0 Å². The van der Waals surface area contributed by atoms with E-state index < -0.39 is 79.6 Å². The Morgan fingerprint density at radius 3 is 1.27 bits per heavy atom. The molecule has 0 atom stereocenters. The smallest absolute Gasteiger partial charge is 0.460 e. The van der Waals surface area contributed by atoms with Gasteiger partial charge in [-0.05, 0) is 6.92 Å². The number of likely N-dealkylation sites (N-methyl/N-ethyl adjacent to an activating group) is 1. The zero-order valence-corrected chi connectivity index (χ0v) is 18.1. The lowest BCUT2D eigenvalue weighted by atomic mass is 9.91. The molecule has 0 aromatic rings. The first kappa shape index (κ1) is 34.8. The third-order valence-corrected chi connectivity index (χ3v) is 6.11. The summed E-state index contributed by atoms with van der Waals surface area (Å²) < 4.78 is 251. The van der Waals surface area contributed by atoms with Gasteiger partial charge in [0.15, 0.2) is 0 Å². The van der Waals surface area contributed by atoms with Gasteiger partial charge >= 0.3 is 63.0 Å². The predicted molar refractivity (Wildman–Crippen MR) is 83.1 cm³/mol. The fraction of sp³-hybridized carbons (Fsp3) is 0.786. The molecule has 0 unspecified atom stereocenters. The number of alkyl halides is 17. The van der Waals surface area contributed by atoms with Gasteiger partial charge in [-0.15, -0.1) is 0 Å². The van der Waals surface area contributed by atoms with Crippen LogP contribution in [0.2, 0.25) is 0 Å². The van der Waals surface area contributed by atoms with Gasteiger partial charge in [0.05, 0.1) is 6.61 Å². The maximum Gasteiger partial charge on any atom is 0.460 e. The lowest BCUT2D eigenvalue weighted by molar-refractivity contribution is -0.458. The third-order valence-electron chi connectivity index (χ3n) is 4.27. The Morgan fingerprint density at radius 2 is 0.973 bits per heavy atom. The van der Waals surface area contributed by atoms with Gasteiger partial charge in [0.25, 0.3) is 0 Å². The minimum absolute atomic E-state index is 0.346. The molecule has 0 saturated heterocycles. The molecule has 0 radical (unpaired) electrons. The lowest BCUT2D eigenvalue weighted by Gasteiger charge is -2.42. The minimum Gasteiger partial charge on any atom is -0.461 e. The van der Waals surface area contributed by atoms with E-state index in [1.807, 2.05) is 0 Å². The van der Waals surface area contributed by atoms with E-state index in [0.717, 1.165) is 6.92 Å². The summed E-state index contributed by atoms with van der Waals surface area (Å²) in [6, 6.07) is 0. The third kappa shape index (κ3) is 4.53. The molecule has 37 heavy (non-hydrogen) atoms. The van der Waals surface area contributed by atoms with Crippen LogP contribution in [0.15, 0.2) is 12.3 Å². The van der Waals surface area contributed by atoms with Gasteiger partial charge in [0, 0.05) is 7.05 Å². The van der Waals surface area contributed by atoms with E-state index in [1.54, 1.807) is 0 Å². The van der Waals surface area contributed by atoms with E-state index in [-0.39, 0.29) is 7.05 Å². The van der Waals surface area contributed by atoms with Crippen LogP contribution in [0.25, 0.3) is 0 Å². The number of carbonyl (C=O) groups is 1. The number of sulfonamides is 1. The highest BCUT2D eigenvalue weighted by molar-refractivity contribution is 7.90. The lowest BCUT2D eigenvalue weighted by Crippen LogP contribution is -2.75. The summed E-state index contributed by atoms with van der Waals surface area (Å²) >= 11 is 0. The highest BCUT2D eigenvalue weighted by Crippen LogP contribution is 2.64. The van der Waals surface area contributed by atoms with Gasteiger partial charge in [-0.1, -0.05) is 6.58 Å². The van der Waals surface area contributed by atoms with Crippen molar-refractivity contribution in [3.8, 4) is 0 Å². The topological polar surface area (TPSA) is 63.7 Å². The van der Waals surface area contributed by atoms with Crippen molar-refractivity contribution in [2.75, 3.05) is 13.7 Å². The number of halogens is 17. The average Bonchev–Trinajstić information content (AvgIpc) is 2.70. The Kier molecular flexibility index (Phi) is 8.65. The van der Waals surface area contributed by atoms with Crippen LogP contribution in [0.4, 0.5) is 74.6 Å². The molecule has 23 heteroatoms. The fourth-order valence-electron chi connectivity index (χ4n) is 1.97. The predicted octanol–water partition coefficient (Wildman–Crippen LogP) is 5.29. The quantitative estimate of drug-likeness (QED) is 0.181. The van der Waals surface area contributed by atoms with Crippen molar-refractivity contribution in [2.24, 2.45) is 0 Å². The second-order valence-electron chi connectivity index (χ2n) is 6.60. The molecule has 5 nitrogen and oxygen atoms in total. The fourth-order valence-corrected chi connectivity index (χ4v) is 3.13. The molecule has 0 heterocycles. The first-order valence-corrected chi connectivity index (χ1v) is 9.80. The molecule has 0 rings (SSSR count). The average molecular weight is 611 g/mol. The van der Waals surface area contributed by atoms with Gasteiger partial charge < -0.3 is 4.74 Å². The Morgan fingerprint density at radius 1 is 0.676 bits per heavy atom. The molecule has 0 aliphatic carbocycles. The van der Waals surface area contributed by atoms with Crippen LogP contribution in [0.1, 0.15) is 6.92 Å². The van der Waals surface area contributed by atoms with E-state index in [2.05, 4.69) is 11.3 Å². The molecule has 0 N–H and O–H groups in total. The summed E-state index contributed by atoms with van der Waals surface area (Å²) in [5.74, 6) is -54.3. The molecule has 0 amide bonds. The van der Waals surface area contributed by atoms with Gasteiger partial charge in [-0.3, -0.25) is 4.31 Å². The molecule has 0 aromatic carbocycles. The molecule has 0 aliphatic rings. The molecular weight excluding hydrogens is 601 g/mol. The first-order chi connectivity index (χ1) is 15.8. The number of nitrogens with zero attached hydrogens (tertiary/aromatic N) is 1. The van der Waals surface area contributed by atoms with E-state index in [0.29, 0.717) is 0 Å². The number of ether oxygens (including phenoxy) is 1. The number of rotatable bonds is 11. The van der Waals surface area contributed by atoms with Gasteiger partial charge in [0.1, 0.15) is 5.70 Å². The zero-order chi connectivity index (χ0) is 30.6. The second-order valence-corrected chi connectivity index (χ2v) is 8.61. The normalized spacial score (nSPS) is 15.4. The van der Waals surface area contributed by atoms with Crippen LogP contribution in [-0.4, -0.2) is 79.3 Å². The van der Waals surface area contributed by atoms with E-state index in [9.17, 15) is 87.8 Å².